The molecule has 1 unspecified atom stereocenters. The molecule has 0 saturated heterocycles. The van der Waals surface area contributed by atoms with Crippen molar-refractivity contribution in [1.29, 1.82) is 0 Å². The molecule has 1 N–H and O–H groups in total. The summed E-state index contributed by atoms with van der Waals surface area (Å²) in [5.74, 6) is -0.139. The molecule has 4 heteroatoms. The van der Waals surface area contributed by atoms with Crippen LogP contribution in [0.2, 0.25) is 0 Å². The lowest BCUT2D eigenvalue weighted by atomic mass is 10.0. The topological polar surface area (TPSA) is 40.5 Å². The van der Waals surface area contributed by atoms with E-state index >= 15 is 0 Å². The van der Waals surface area contributed by atoms with Crippen LogP contribution in [0.4, 0.5) is 0 Å². The molecule has 3 nitrogen and oxygen atoms in total. The Kier molecular flexibility index (Phi) is 5.37. The molecule has 0 bridgehead atoms. The lowest BCUT2D eigenvalue weighted by molar-refractivity contribution is -0.136. The zero-order chi connectivity index (χ0) is 16.2. The van der Waals surface area contributed by atoms with Crippen LogP contribution in [-0.4, -0.2) is 28.1 Å². The molecule has 0 saturated carbocycles. The van der Waals surface area contributed by atoms with Gasteiger partial charge in [-0.3, -0.25) is 4.79 Å². The highest BCUT2D eigenvalue weighted by Crippen LogP contribution is 2.24. The average molecular weight is 317 g/mol. The minimum Gasteiger partial charge on any atom is -0.389 e. The van der Waals surface area contributed by atoms with Crippen molar-refractivity contribution in [2.75, 3.05) is 6.54 Å². The molecule has 2 aromatic rings. The van der Waals surface area contributed by atoms with E-state index in [2.05, 4.69) is 0 Å². The van der Waals surface area contributed by atoms with Gasteiger partial charge in [0.05, 0.1) is 11.5 Å². The molecule has 1 aromatic heterocycles. The van der Waals surface area contributed by atoms with Crippen LogP contribution < -0.4 is 0 Å². The van der Waals surface area contributed by atoms with Crippen molar-refractivity contribution in [3.8, 4) is 0 Å². The van der Waals surface area contributed by atoms with Crippen LogP contribution in [0, 0.1) is 0 Å². The molecule has 0 fully saturated rings. The Morgan fingerprint density at radius 2 is 1.91 bits per heavy atom. The fourth-order valence-corrected chi connectivity index (χ4v) is 3.19. The normalized spacial score (nSPS) is 12.9. The smallest absolute Gasteiger partial charge is 0.231 e. The van der Waals surface area contributed by atoms with E-state index in [-0.39, 0.29) is 11.8 Å². The van der Waals surface area contributed by atoms with Gasteiger partial charge in [0.25, 0.3) is 0 Å². The maximum absolute atomic E-state index is 12.8. The van der Waals surface area contributed by atoms with Crippen LogP contribution >= 0.6 is 11.3 Å². The lowest BCUT2D eigenvalue weighted by Gasteiger charge is -2.31. The number of carbonyl (C=O) groups excluding carboxylic acids is 1. The highest BCUT2D eigenvalue weighted by molar-refractivity contribution is 7.10. The number of hydrogen-bond acceptors (Lipinski definition) is 3. The largest absolute Gasteiger partial charge is 0.389 e. The Hall–Kier alpha value is -1.65. The van der Waals surface area contributed by atoms with Crippen molar-refractivity contribution in [3.63, 3.8) is 0 Å². The summed E-state index contributed by atoms with van der Waals surface area (Å²) < 4.78 is 0. The van der Waals surface area contributed by atoms with Gasteiger partial charge in [0.1, 0.15) is 0 Å². The maximum atomic E-state index is 12.8. The van der Waals surface area contributed by atoms with E-state index < -0.39 is 5.60 Å². The van der Waals surface area contributed by atoms with E-state index in [1.807, 2.05) is 54.8 Å². The number of benzene rings is 1. The Labute approximate surface area is 136 Å². The molecule has 0 aliphatic heterocycles. The van der Waals surface area contributed by atoms with E-state index in [0.29, 0.717) is 13.1 Å². The second kappa shape index (κ2) is 7.07. The number of amides is 1. The van der Waals surface area contributed by atoms with E-state index in [1.54, 1.807) is 30.1 Å². The van der Waals surface area contributed by atoms with Crippen LogP contribution in [0.25, 0.3) is 0 Å². The summed E-state index contributed by atoms with van der Waals surface area (Å²) in [6.45, 7) is 6.22. The first-order valence-corrected chi connectivity index (χ1v) is 8.33. The first-order chi connectivity index (χ1) is 10.4. The predicted octanol–water partition coefficient (Wildman–Crippen LogP) is 3.65. The molecule has 2 rings (SSSR count). The van der Waals surface area contributed by atoms with Crippen molar-refractivity contribution >= 4 is 17.2 Å². The Morgan fingerprint density at radius 3 is 2.45 bits per heavy atom. The Bertz CT molecular complexity index is 587. The molecule has 1 aromatic carbocycles. The van der Waals surface area contributed by atoms with Crippen LogP contribution in [-0.2, 0) is 11.3 Å². The molecule has 0 aliphatic carbocycles. The van der Waals surface area contributed by atoms with Gasteiger partial charge < -0.3 is 10.0 Å². The van der Waals surface area contributed by atoms with Crippen molar-refractivity contribution in [1.82, 2.24) is 4.90 Å². The minimum absolute atomic E-state index is 0.0495. The third-order valence-corrected chi connectivity index (χ3v) is 4.50. The van der Waals surface area contributed by atoms with Gasteiger partial charge in [0, 0.05) is 18.0 Å². The summed E-state index contributed by atoms with van der Waals surface area (Å²) >= 11 is 1.59. The zero-order valence-corrected chi connectivity index (χ0v) is 14.1. The quantitative estimate of drug-likeness (QED) is 0.883. The lowest BCUT2D eigenvalue weighted by Crippen LogP contribution is -2.43. The highest BCUT2D eigenvalue weighted by atomic mass is 32.1. The first kappa shape index (κ1) is 16.7. The first-order valence-electron chi connectivity index (χ1n) is 7.45. The molecular formula is C18H23NO2S. The molecule has 0 aliphatic rings. The number of nitrogens with zero attached hydrogens (tertiary/aromatic N) is 1. The Balaban J connectivity index is 2.18. The number of carbonyl (C=O) groups is 1. The van der Waals surface area contributed by atoms with Gasteiger partial charge in [0.2, 0.25) is 5.91 Å². The fraction of sp³-hybridized carbons (Fsp3) is 0.389. The Morgan fingerprint density at radius 1 is 1.23 bits per heavy atom. The molecule has 118 valence electrons. The van der Waals surface area contributed by atoms with Crippen molar-refractivity contribution in [2.24, 2.45) is 0 Å². The van der Waals surface area contributed by atoms with Crippen LogP contribution in [0.15, 0.2) is 47.8 Å². The molecule has 1 heterocycles. The van der Waals surface area contributed by atoms with Gasteiger partial charge in [0.15, 0.2) is 0 Å². The van der Waals surface area contributed by atoms with Gasteiger partial charge in [-0.1, -0.05) is 36.4 Å². The molecule has 0 spiro atoms. The zero-order valence-electron chi connectivity index (χ0n) is 13.3. The minimum atomic E-state index is -0.917. The van der Waals surface area contributed by atoms with Crippen LogP contribution in [0.5, 0.6) is 0 Å². The third-order valence-electron chi connectivity index (χ3n) is 3.45. The monoisotopic (exact) mass is 317 g/mol. The summed E-state index contributed by atoms with van der Waals surface area (Å²) in [7, 11) is 0. The van der Waals surface area contributed by atoms with E-state index in [4.69, 9.17) is 0 Å². The summed E-state index contributed by atoms with van der Waals surface area (Å²) in [5, 5.41) is 12.1. The second-order valence-corrected chi connectivity index (χ2v) is 7.21. The van der Waals surface area contributed by atoms with Crippen molar-refractivity contribution in [2.45, 2.75) is 38.8 Å². The number of aliphatic hydroxyl groups is 1. The standard InChI is InChI=1S/C18H23NO2S/c1-14(16-10-7-11-22-16)17(20)19(13-18(2,3)21)12-15-8-5-4-6-9-15/h4-11,14,21H,12-13H2,1-3H3. The van der Waals surface area contributed by atoms with Gasteiger partial charge in [-0.2, -0.15) is 0 Å². The third kappa shape index (κ3) is 4.68. The van der Waals surface area contributed by atoms with Crippen molar-refractivity contribution in [3.05, 3.63) is 58.3 Å². The predicted molar refractivity (Wildman–Crippen MR) is 90.9 cm³/mol. The van der Waals surface area contributed by atoms with E-state index in [1.165, 1.54) is 0 Å². The molecular weight excluding hydrogens is 294 g/mol. The number of rotatable bonds is 6. The molecule has 0 radical (unpaired) electrons. The average Bonchev–Trinajstić information content (AvgIpc) is 2.99. The number of thiophene rings is 1. The summed E-state index contributed by atoms with van der Waals surface area (Å²) in [5.41, 5.74) is 0.151. The second-order valence-electron chi connectivity index (χ2n) is 6.23. The summed E-state index contributed by atoms with van der Waals surface area (Å²) in [4.78, 5) is 15.6. The van der Waals surface area contributed by atoms with Crippen LogP contribution in [0.1, 0.15) is 37.1 Å². The maximum Gasteiger partial charge on any atom is 0.231 e. The molecule has 1 atom stereocenters. The van der Waals surface area contributed by atoms with Gasteiger partial charge in [-0.25, -0.2) is 0 Å². The summed E-state index contributed by atoms with van der Waals surface area (Å²) in [6.07, 6.45) is 0. The fourth-order valence-electron chi connectivity index (χ4n) is 2.42. The molecule has 22 heavy (non-hydrogen) atoms. The highest BCUT2D eigenvalue weighted by Gasteiger charge is 2.27. The van der Waals surface area contributed by atoms with Crippen molar-refractivity contribution < 1.29 is 9.90 Å². The van der Waals surface area contributed by atoms with Gasteiger partial charge in [-0.05, 0) is 37.8 Å². The van der Waals surface area contributed by atoms with Gasteiger partial charge >= 0.3 is 0 Å². The van der Waals surface area contributed by atoms with Crippen LogP contribution in [0.3, 0.4) is 0 Å². The number of hydrogen-bond donors (Lipinski definition) is 1. The molecule has 1 amide bonds. The summed E-state index contributed by atoms with van der Waals surface area (Å²) in [6, 6.07) is 13.8. The van der Waals surface area contributed by atoms with E-state index in [9.17, 15) is 9.90 Å². The SMILES string of the molecule is CC(C(=O)N(Cc1ccccc1)CC(C)(C)O)c1cccs1. The van der Waals surface area contributed by atoms with Gasteiger partial charge in [-0.15, -0.1) is 11.3 Å². The van der Waals surface area contributed by atoms with E-state index in [0.717, 1.165) is 10.4 Å².